The molecule has 2 aromatic rings. The third-order valence-corrected chi connectivity index (χ3v) is 3.79. The van der Waals surface area contributed by atoms with E-state index in [0.29, 0.717) is 12.0 Å². The molecule has 1 fully saturated rings. The van der Waals surface area contributed by atoms with Gasteiger partial charge in [0.25, 0.3) is 0 Å². The van der Waals surface area contributed by atoms with Gasteiger partial charge < -0.3 is 5.32 Å². The molecule has 0 spiro atoms. The fourth-order valence-electron chi connectivity index (χ4n) is 2.69. The summed E-state index contributed by atoms with van der Waals surface area (Å²) in [6.45, 7) is 4.47. The molecular weight excluding hydrogens is 222 g/mol. The predicted octanol–water partition coefficient (Wildman–Crippen LogP) is 2.72. The fourth-order valence-corrected chi connectivity index (χ4v) is 2.69. The molecule has 1 N–H and O–H groups in total. The highest BCUT2D eigenvalue weighted by molar-refractivity contribution is 5.61. The van der Waals surface area contributed by atoms with Crippen molar-refractivity contribution in [3.63, 3.8) is 0 Å². The van der Waals surface area contributed by atoms with E-state index in [9.17, 15) is 0 Å². The SMILES string of the molecule is CC1CNCCC1n1cc(-c2ccccc2)cn1. The van der Waals surface area contributed by atoms with Gasteiger partial charge in [-0.3, -0.25) is 4.68 Å². The van der Waals surface area contributed by atoms with Crippen molar-refractivity contribution in [2.75, 3.05) is 13.1 Å². The lowest BCUT2D eigenvalue weighted by molar-refractivity contribution is 0.255. The topological polar surface area (TPSA) is 29.9 Å². The van der Waals surface area contributed by atoms with Gasteiger partial charge in [-0.2, -0.15) is 5.10 Å². The number of hydrogen-bond acceptors (Lipinski definition) is 2. The molecule has 1 aliphatic rings. The smallest absolute Gasteiger partial charge is 0.0569 e. The van der Waals surface area contributed by atoms with Crippen molar-refractivity contribution in [2.45, 2.75) is 19.4 Å². The number of nitrogens with zero attached hydrogens (tertiary/aromatic N) is 2. The Kier molecular flexibility index (Phi) is 3.15. The van der Waals surface area contributed by atoms with Gasteiger partial charge in [0.15, 0.2) is 0 Å². The van der Waals surface area contributed by atoms with Gasteiger partial charge in [-0.25, -0.2) is 0 Å². The Labute approximate surface area is 108 Å². The Morgan fingerprint density at radius 2 is 2.06 bits per heavy atom. The number of rotatable bonds is 2. The van der Waals surface area contributed by atoms with Gasteiger partial charge in [-0.1, -0.05) is 37.3 Å². The lowest BCUT2D eigenvalue weighted by Crippen LogP contribution is -2.36. The lowest BCUT2D eigenvalue weighted by Gasteiger charge is -2.29. The number of benzene rings is 1. The van der Waals surface area contributed by atoms with Crippen LogP contribution in [0.25, 0.3) is 11.1 Å². The average Bonchev–Trinajstić information content (AvgIpc) is 2.90. The van der Waals surface area contributed by atoms with Gasteiger partial charge in [0, 0.05) is 11.8 Å². The zero-order valence-electron chi connectivity index (χ0n) is 10.7. The van der Waals surface area contributed by atoms with E-state index in [1.807, 2.05) is 12.3 Å². The first-order valence-electron chi connectivity index (χ1n) is 6.65. The zero-order chi connectivity index (χ0) is 12.4. The Balaban J connectivity index is 1.85. The number of hydrogen-bond donors (Lipinski definition) is 1. The summed E-state index contributed by atoms with van der Waals surface area (Å²) in [6, 6.07) is 11.0. The second kappa shape index (κ2) is 4.94. The summed E-state index contributed by atoms with van der Waals surface area (Å²) < 4.78 is 2.15. The molecule has 1 saturated heterocycles. The normalized spacial score (nSPS) is 24.1. The van der Waals surface area contributed by atoms with E-state index in [2.05, 4.69) is 52.5 Å². The van der Waals surface area contributed by atoms with Crippen LogP contribution in [0.4, 0.5) is 0 Å². The van der Waals surface area contributed by atoms with Crippen molar-refractivity contribution >= 4 is 0 Å². The van der Waals surface area contributed by atoms with Crippen LogP contribution >= 0.6 is 0 Å². The molecule has 3 nitrogen and oxygen atoms in total. The Morgan fingerprint density at radius 3 is 2.83 bits per heavy atom. The van der Waals surface area contributed by atoms with E-state index in [1.165, 1.54) is 11.1 Å². The monoisotopic (exact) mass is 241 g/mol. The van der Waals surface area contributed by atoms with Crippen LogP contribution in [-0.4, -0.2) is 22.9 Å². The van der Waals surface area contributed by atoms with Crippen LogP contribution in [0.1, 0.15) is 19.4 Å². The predicted molar refractivity (Wildman–Crippen MR) is 73.4 cm³/mol. The first-order valence-corrected chi connectivity index (χ1v) is 6.65. The van der Waals surface area contributed by atoms with Crippen molar-refractivity contribution in [1.29, 1.82) is 0 Å². The van der Waals surface area contributed by atoms with Gasteiger partial charge in [-0.15, -0.1) is 0 Å². The van der Waals surface area contributed by atoms with Crippen molar-refractivity contribution < 1.29 is 0 Å². The summed E-state index contributed by atoms with van der Waals surface area (Å²) in [5, 5.41) is 7.99. The molecule has 3 rings (SSSR count). The molecule has 2 unspecified atom stereocenters. The van der Waals surface area contributed by atoms with Crippen LogP contribution in [0.2, 0.25) is 0 Å². The molecule has 3 heteroatoms. The minimum atomic E-state index is 0.531. The molecule has 1 aliphatic heterocycles. The van der Waals surface area contributed by atoms with E-state index in [0.717, 1.165) is 19.5 Å². The van der Waals surface area contributed by atoms with Crippen LogP contribution in [0.3, 0.4) is 0 Å². The Morgan fingerprint density at radius 1 is 1.22 bits per heavy atom. The van der Waals surface area contributed by atoms with Crippen LogP contribution in [0, 0.1) is 5.92 Å². The van der Waals surface area contributed by atoms with Gasteiger partial charge >= 0.3 is 0 Å². The van der Waals surface area contributed by atoms with Gasteiger partial charge in [-0.05, 0) is 31.0 Å². The number of piperidine rings is 1. The quantitative estimate of drug-likeness (QED) is 0.876. The molecule has 0 amide bonds. The third kappa shape index (κ3) is 2.18. The third-order valence-electron chi connectivity index (χ3n) is 3.79. The maximum absolute atomic E-state index is 4.56. The van der Waals surface area contributed by atoms with Crippen LogP contribution in [0.5, 0.6) is 0 Å². The molecule has 2 heterocycles. The van der Waals surface area contributed by atoms with Crippen molar-refractivity contribution in [1.82, 2.24) is 15.1 Å². The Bertz CT molecular complexity index is 503. The second-order valence-electron chi connectivity index (χ2n) is 5.11. The standard InChI is InChI=1S/C15H19N3/c1-12-9-16-8-7-15(12)18-11-14(10-17-18)13-5-3-2-4-6-13/h2-6,10-12,15-16H,7-9H2,1H3. The summed E-state index contributed by atoms with van der Waals surface area (Å²) in [4.78, 5) is 0. The van der Waals surface area contributed by atoms with Gasteiger partial charge in [0.05, 0.1) is 12.2 Å². The summed E-state index contributed by atoms with van der Waals surface area (Å²) in [6.07, 6.45) is 5.32. The van der Waals surface area contributed by atoms with Crippen molar-refractivity contribution in [3.8, 4) is 11.1 Å². The summed E-state index contributed by atoms with van der Waals surface area (Å²) in [5.41, 5.74) is 2.45. The summed E-state index contributed by atoms with van der Waals surface area (Å²) >= 11 is 0. The maximum atomic E-state index is 4.56. The van der Waals surface area contributed by atoms with E-state index < -0.39 is 0 Å². The summed E-state index contributed by atoms with van der Waals surface area (Å²) in [5.74, 6) is 0.641. The van der Waals surface area contributed by atoms with Crippen molar-refractivity contribution in [3.05, 3.63) is 42.7 Å². The second-order valence-corrected chi connectivity index (χ2v) is 5.11. The maximum Gasteiger partial charge on any atom is 0.0569 e. The van der Waals surface area contributed by atoms with Crippen LogP contribution in [0.15, 0.2) is 42.7 Å². The van der Waals surface area contributed by atoms with E-state index in [-0.39, 0.29) is 0 Å². The fraction of sp³-hybridized carbons (Fsp3) is 0.400. The number of aromatic nitrogens is 2. The van der Waals surface area contributed by atoms with Crippen LogP contribution < -0.4 is 5.32 Å². The molecule has 0 radical (unpaired) electrons. The molecular formula is C15H19N3. The van der Waals surface area contributed by atoms with Crippen molar-refractivity contribution in [2.24, 2.45) is 5.92 Å². The highest BCUT2D eigenvalue weighted by Crippen LogP contribution is 2.26. The molecule has 0 saturated carbocycles. The average molecular weight is 241 g/mol. The van der Waals surface area contributed by atoms with E-state index in [4.69, 9.17) is 0 Å². The molecule has 2 atom stereocenters. The van der Waals surface area contributed by atoms with Crippen LogP contribution in [-0.2, 0) is 0 Å². The molecule has 94 valence electrons. The largest absolute Gasteiger partial charge is 0.316 e. The highest BCUT2D eigenvalue weighted by atomic mass is 15.3. The minimum Gasteiger partial charge on any atom is -0.316 e. The molecule has 1 aromatic carbocycles. The van der Waals surface area contributed by atoms with E-state index >= 15 is 0 Å². The van der Waals surface area contributed by atoms with Gasteiger partial charge in [0.2, 0.25) is 0 Å². The lowest BCUT2D eigenvalue weighted by atomic mass is 9.95. The number of nitrogens with one attached hydrogen (secondary N) is 1. The minimum absolute atomic E-state index is 0.531. The molecule has 0 bridgehead atoms. The first-order chi connectivity index (χ1) is 8.84. The molecule has 1 aromatic heterocycles. The summed E-state index contributed by atoms with van der Waals surface area (Å²) in [7, 11) is 0. The molecule has 0 aliphatic carbocycles. The van der Waals surface area contributed by atoms with Gasteiger partial charge in [0.1, 0.15) is 0 Å². The first kappa shape index (κ1) is 11.5. The zero-order valence-corrected chi connectivity index (χ0v) is 10.7. The van der Waals surface area contributed by atoms with E-state index in [1.54, 1.807) is 0 Å². The Hall–Kier alpha value is -1.61. The highest BCUT2D eigenvalue weighted by Gasteiger charge is 2.23. The molecule has 18 heavy (non-hydrogen) atoms.